The van der Waals surface area contributed by atoms with Crippen LogP contribution in [0.1, 0.15) is 33.3 Å². The van der Waals surface area contributed by atoms with Crippen LogP contribution < -0.4 is 10.1 Å². The molecule has 0 aromatic heterocycles. The summed E-state index contributed by atoms with van der Waals surface area (Å²) in [7, 11) is 0. The quantitative estimate of drug-likeness (QED) is 0.845. The summed E-state index contributed by atoms with van der Waals surface area (Å²) in [6.07, 6.45) is -0.969. The molecule has 0 saturated heterocycles. The summed E-state index contributed by atoms with van der Waals surface area (Å²) in [4.78, 5) is 23.2. The van der Waals surface area contributed by atoms with E-state index in [1.54, 1.807) is 0 Å². The summed E-state index contributed by atoms with van der Waals surface area (Å²) < 4.78 is 10.5. The van der Waals surface area contributed by atoms with Gasteiger partial charge in [0.1, 0.15) is 12.4 Å². The molecule has 0 aliphatic heterocycles. The van der Waals surface area contributed by atoms with E-state index in [4.69, 9.17) is 9.47 Å². The van der Waals surface area contributed by atoms with Crippen LogP contribution in [0.15, 0.2) is 24.3 Å². The molecular formula is C16H23NO4. The van der Waals surface area contributed by atoms with Gasteiger partial charge in [-0.3, -0.25) is 9.59 Å². The van der Waals surface area contributed by atoms with Gasteiger partial charge in [0.15, 0.2) is 0 Å². The van der Waals surface area contributed by atoms with Crippen LogP contribution in [0.4, 0.5) is 0 Å². The highest BCUT2D eigenvalue weighted by Gasteiger charge is 2.26. The molecule has 0 aliphatic rings. The maximum atomic E-state index is 12.1. The number of amides is 1. The van der Waals surface area contributed by atoms with E-state index in [0.29, 0.717) is 5.75 Å². The summed E-state index contributed by atoms with van der Waals surface area (Å²) in [6.45, 7) is 8.79. The van der Waals surface area contributed by atoms with Crippen LogP contribution >= 0.6 is 0 Å². The first-order chi connectivity index (χ1) is 9.67. The molecule has 1 atom stereocenters. The van der Waals surface area contributed by atoms with E-state index in [-0.39, 0.29) is 12.5 Å². The number of ether oxygens (including phenoxy) is 2. The molecule has 0 radical (unpaired) electrons. The second kappa shape index (κ2) is 7.11. The zero-order valence-corrected chi connectivity index (χ0v) is 13.2. The van der Waals surface area contributed by atoms with Gasteiger partial charge in [-0.05, 0) is 39.8 Å². The molecule has 21 heavy (non-hydrogen) atoms. The first-order valence-corrected chi connectivity index (χ1v) is 6.86. The molecule has 0 saturated carbocycles. The lowest BCUT2D eigenvalue weighted by atomic mass is 10.1. The van der Waals surface area contributed by atoms with Crippen molar-refractivity contribution < 1.29 is 19.1 Å². The van der Waals surface area contributed by atoms with E-state index < -0.39 is 17.6 Å². The Balaban J connectivity index is 2.67. The molecule has 0 bridgehead atoms. The Morgan fingerprint density at radius 3 is 2.24 bits per heavy atom. The lowest BCUT2D eigenvalue weighted by molar-refractivity contribution is -0.156. The van der Waals surface area contributed by atoms with Crippen LogP contribution in [0.2, 0.25) is 0 Å². The van der Waals surface area contributed by atoms with Crippen molar-refractivity contribution in [2.75, 3.05) is 6.61 Å². The summed E-state index contributed by atoms with van der Waals surface area (Å²) in [5, 5.41) is 2.77. The van der Waals surface area contributed by atoms with E-state index in [1.165, 1.54) is 6.92 Å². The minimum absolute atomic E-state index is 0.0233. The number of hydrogen-bond donors (Lipinski definition) is 1. The Bertz CT molecular complexity index is 488. The van der Waals surface area contributed by atoms with Crippen molar-refractivity contribution in [3.8, 4) is 5.75 Å². The molecule has 1 rings (SSSR count). The van der Waals surface area contributed by atoms with Crippen molar-refractivity contribution in [2.45, 2.75) is 46.3 Å². The van der Waals surface area contributed by atoms with Gasteiger partial charge in [-0.25, -0.2) is 0 Å². The fraction of sp³-hybridized carbons (Fsp3) is 0.500. The third-order valence-electron chi connectivity index (χ3n) is 2.52. The number of hydrogen-bond acceptors (Lipinski definition) is 4. The minimum Gasteiger partial charge on any atom is -0.489 e. The lowest BCUT2D eigenvalue weighted by Crippen LogP contribution is -2.49. The van der Waals surface area contributed by atoms with Gasteiger partial charge in [-0.15, -0.1) is 0 Å². The van der Waals surface area contributed by atoms with E-state index in [1.807, 2.05) is 52.0 Å². The van der Waals surface area contributed by atoms with E-state index in [0.717, 1.165) is 5.56 Å². The number of aryl methyl sites for hydroxylation is 1. The van der Waals surface area contributed by atoms with Crippen LogP contribution in [-0.2, 0) is 14.3 Å². The largest absolute Gasteiger partial charge is 0.489 e. The normalized spacial score (nSPS) is 12.4. The monoisotopic (exact) mass is 293 g/mol. The smallest absolute Gasteiger partial charge is 0.303 e. The zero-order valence-electron chi connectivity index (χ0n) is 13.2. The maximum absolute atomic E-state index is 12.1. The summed E-state index contributed by atoms with van der Waals surface area (Å²) >= 11 is 0. The van der Waals surface area contributed by atoms with E-state index in [2.05, 4.69) is 5.32 Å². The molecule has 1 N–H and O–H groups in total. The van der Waals surface area contributed by atoms with Crippen LogP contribution in [0.5, 0.6) is 5.75 Å². The van der Waals surface area contributed by atoms with Gasteiger partial charge in [0, 0.05) is 12.5 Å². The predicted molar refractivity (Wildman–Crippen MR) is 80.1 cm³/mol. The van der Waals surface area contributed by atoms with Gasteiger partial charge in [0.25, 0.3) is 5.91 Å². The fourth-order valence-electron chi connectivity index (χ4n) is 1.62. The summed E-state index contributed by atoms with van der Waals surface area (Å²) in [6, 6.07) is 7.43. The first kappa shape index (κ1) is 17.0. The Morgan fingerprint density at radius 2 is 1.76 bits per heavy atom. The third-order valence-corrected chi connectivity index (χ3v) is 2.52. The molecule has 0 fully saturated rings. The Hall–Kier alpha value is -2.04. The molecule has 5 nitrogen and oxygen atoms in total. The van der Waals surface area contributed by atoms with Crippen molar-refractivity contribution in [3.05, 3.63) is 29.8 Å². The maximum Gasteiger partial charge on any atom is 0.303 e. The van der Waals surface area contributed by atoms with Crippen molar-refractivity contribution in [2.24, 2.45) is 0 Å². The van der Waals surface area contributed by atoms with Gasteiger partial charge in [-0.1, -0.05) is 17.7 Å². The highest BCUT2D eigenvalue weighted by Crippen LogP contribution is 2.12. The van der Waals surface area contributed by atoms with Crippen molar-refractivity contribution in [3.63, 3.8) is 0 Å². The van der Waals surface area contributed by atoms with E-state index in [9.17, 15) is 9.59 Å². The van der Waals surface area contributed by atoms with Crippen molar-refractivity contribution in [1.82, 2.24) is 5.32 Å². The highest BCUT2D eigenvalue weighted by atomic mass is 16.6. The van der Waals surface area contributed by atoms with Crippen LogP contribution in [0, 0.1) is 6.92 Å². The third kappa shape index (κ3) is 6.79. The molecule has 5 heteroatoms. The van der Waals surface area contributed by atoms with Gasteiger partial charge in [0.05, 0.1) is 0 Å². The van der Waals surface area contributed by atoms with Gasteiger partial charge in [-0.2, -0.15) is 0 Å². The number of nitrogens with one attached hydrogen (secondary N) is 1. The molecule has 1 amide bonds. The lowest BCUT2D eigenvalue weighted by Gasteiger charge is -2.24. The van der Waals surface area contributed by atoms with Crippen molar-refractivity contribution >= 4 is 11.9 Å². The Kier molecular flexibility index (Phi) is 5.76. The molecular weight excluding hydrogens is 270 g/mol. The molecule has 1 unspecified atom stereocenters. The molecule has 1 aromatic carbocycles. The standard InChI is InChI=1S/C16H23NO4/c1-11-6-8-13(9-7-11)20-10-14(21-12(2)18)15(19)17-16(3,4)5/h6-9,14H,10H2,1-5H3,(H,17,19). The Morgan fingerprint density at radius 1 is 1.19 bits per heavy atom. The molecule has 116 valence electrons. The Labute approximate surface area is 125 Å². The number of esters is 1. The summed E-state index contributed by atoms with van der Waals surface area (Å²) in [5.41, 5.74) is 0.712. The number of benzene rings is 1. The number of rotatable bonds is 5. The van der Waals surface area contributed by atoms with Crippen LogP contribution in [-0.4, -0.2) is 30.1 Å². The highest BCUT2D eigenvalue weighted by molar-refractivity contribution is 5.84. The average Bonchev–Trinajstić information content (AvgIpc) is 2.33. The van der Waals surface area contributed by atoms with Crippen LogP contribution in [0.3, 0.4) is 0 Å². The molecule has 0 heterocycles. The molecule has 0 aliphatic carbocycles. The van der Waals surface area contributed by atoms with Gasteiger partial charge in [0.2, 0.25) is 6.10 Å². The predicted octanol–water partition coefficient (Wildman–Crippen LogP) is 2.22. The fourth-order valence-corrected chi connectivity index (χ4v) is 1.62. The topological polar surface area (TPSA) is 64.6 Å². The van der Waals surface area contributed by atoms with E-state index >= 15 is 0 Å². The van der Waals surface area contributed by atoms with Crippen LogP contribution in [0.25, 0.3) is 0 Å². The second-order valence-corrected chi connectivity index (χ2v) is 5.96. The van der Waals surface area contributed by atoms with Gasteiger partial charge < -0.3 is 14.8 Å². The van der Waals surface area contributed by atoms with Crippen molar-refractivity contribution in [1.29, 1.82) is 0 Å². The minimum atomic E-state index is -0.969. The van der Waals surface area contributed by atoms with Gasteiger partial charge >= 0.3 is 5.97 Å². The number of carbonyl (C=O) groups excluding carboxylic acids is 2. The zero-order chi connectivity index (χ0) is 16.0. The average molecular weight is 293 g/mol. The first-order valence-electron chi connectivity index (χ1n) is 6.86. The summed E-state index contributed by atoms with van der Waals surface area (Å²) in [5.74, 6) is -0.261. The number of carbonyl (C=O) groups is 2. The SMILES string of the molecule is CC(=O)OC(COc1ccc(C)cc1)C(=O)NC(C)(C)C. The second-order valence-electron chi connectivity index (χ2n) is 5.96. The molecule has 1 aromatic rings. The molecule has 0 spiro atoms.